The molecular weight excluding hydrogens is 272 g/mol. The highest BCUT2D eigenvalue weighted by Crippen LogP contribution is 2.33. The first kappa shape index (κ1) is 17.1. The Kier molecular flexibility index (Phi) is 6.59. The standard InChI is InChI=1S/C15H26N2O2S/c1-6-12(7-2)11(5)17-13(10(3)4)8-16-15(17)20-9-14(18)19/h8,10-12H,6-7,9H2,1-5H3,(H,18,19). The van der Waals surface area contributed by atoms with Crippen LogP contribution in [-0.4, -0.2) is 26.4 Å². The first-order valence-corrected chi connectivity index (χ1v) is 8.32. The lowest BCUT2D eigenvalue weighted by atomic mass is 9.94. The highest BCUT2D eigenvalue weighted by Gasteiger charge is 2.23. The Morgan fingerprint density at radius 3 is 2.40 bits per heavy atom. The van der Waals surface area contributed by atoms with Gasteiger partial charge in [0.05, 0.1) is 5.75 Å². The van der Waals surface area contributed by atoms with Crippen molar-refractivity contribution in [2.45, 2.75) is 64.6 Å². The summed E-state index contributed by atoms with van der Waals surface area (Å²) in [5.74, 6) is 0.236. The summed E-state index contributed by atoms with van der Waals surface area (Å²) in [5, 5.41) is 9.69. The zero-order valence-corrected chi connectivity index (χ0v) is 13.9. The Hall–Kier alpha value is -0.970. The Morgan fingerprint density at radius 1 is 1.35 bits per heavy atom. The van der Waals surface area contributed by atoms with Crippen LogP contribution < -0.4 is 0 Å². The molecule has 1 aromatic heterocycles. The van der Waals surface area contributed by atoms with E-state index in [1.54, 1.807) is 0 Å². The van der Waals surface area contributed by atoms with Gasteiger partial charge < -0.3 is 9.67 Å². The number of nitrogens with zero attached hydrogens (tertiary/aromatic N) is 2. The molecule has 20 heavy (non-hydrogen) atoms. The molecule has 1 unspecified atom stereocenters. The van der Waals surface area contributed by atoms with Crippen LogP contribution in [0.3, 0.4) is 0 Å². The van der Waals surface area contributed by atoms with E-state index in [2.05, 4.69) is 44.2 Å². The highest BCUT2D eigenvalue weighted by atomic mass is 32.2. The molecule has 0 amide bonds. The number of aliphatic carboxylic acids is 1. The molecule has 0 fully saturated rings. The molecule has 0 saturated carbocycles. The number of thioether (sulfide) groups is 1. The second kappa shape index (κ2) is 7.72. The van der Waals surface area contributed by atoms with E-state index >= 15 is 0 Å². The molecule has 0 aromatic carbocycles. The number of aromatic nitrogens is 2. The molecule has 114 valence electrons. The van der Waals surface area contributed by atoms with Crippen LogP contribution in [-0.2, 0) is 4.79 Å². The SMILES string of the molecule is CCC(CC)C(C)n1c(C(C)C)cnc1SCC(=O)O. The monoisotopic (exact) mass is 298 g/mol. The van der Waals surface area contributed by atoms with Crippen molar-refractivity contribution in [1.82, 2.24) is 9.55 Å². The highest BCUT2D eigenvalue weighted by molar-refractivity contribution is 7.99. The van der Waals surface area contributed by atoms with Gasteiger partial charge in [-0.2, -0.15) is 0 Å². The van der Waals surface area contributed by atoms with Crippen molar-refractivity contribution in [2.75, 3.05) is 5.75 Å². The van der Waals surface area contributed by atoms with Gasteiger partial charge in [0, 0.05) is 17.9 Å². The van der Waals surface area contributed by atoms with Gasteiger partial charge in [-0.3, -0.25) is 4.79 Å². The molecule has 0 aliphatic heterocycles. The summed E-state index contributed by atoms with van der Waals surface area (Å²) in [6, 6.07) is 0.348. The Balaban J connectivity index is 3.10. The first-order valence-electron chi connectivity index (χ1n) is 7.33. The quantitative estimate of drug-likeness (QED) is 0.731. The maximum atomic E-state index is 10.8. The van der Waals surface area contributed by atoms with Gasteiger partial charge in [-0.05, 0) is 18.8 Å². The second-order valence-electron chi connectivity index (χ2n) is 5.49. The van der Waals surface area contributed by atoms with Crippen molar-refractivity contribution in [2.24, 2.45) is 5.92 Å². The molecule has 5 heteroatoms. The van der Waals surface area contributed by atoms with Crippen molar-refractivity contribution >= 4 is 17.7 Å². The summed E-state index contributed by atoms with van der Waals surface area (Å²) in [4.78, 5) is 15.2. The second-order valence-corrected chi connectivity index (χ2v) is 6.43. The van der Waals surface area contributed by atoms with E-state index in [0.29, 0.717) is 17.9 Å². The van der Waals surface area contributed by atoms with Crippen molar-refractivity contribution in [1.29, 1.82) is 0 Å². The summed E-state index contributed by atoms with van der Waals surface area (Å²) >= 11 is 1.31. The lowest BCUT2D eigenvalue weighted by Gasteiger charge is -2.27. The zero-order chi connectivity index (χ0) is 15.3. The minimum atomic E-state index is -0.800. The first-order chi connectivity index (χ1) is 9.42. The third-order valence-electron chi connectivity index (χ3n) is 3.85. The molecular formula is C15H26N2O2S. The summed E-state index contributed by atoms with van der Waals surface area (Å²) in [7, 11) is 0. The van der Waals surface area contributed by atoms with Crippen molar-refractivity contribution in [3.63, 3.8) is 0 Å². The average molecular weight is 298 g/mol. The lowest BCUT2D eigenvalue weighted by molar-refractivity contribution is -0.133. The number of hydrogen-bond donors (Lipinski definition) is 1. The molecule has 0 aliphatic rings. The minimum Gasteiger partial charge on any atom is -0.481 e. The van der Waals surface area contributed by atoms with E-state index < -0.39 is 5.97 Å². The van der Waals surface area contributed by atoms with Crippen LogP contribution in [0.25, 0.3) is 0 Å². The number of carboxylic acids is 1. The molecule has 1 rings (SSSR count). The molecule has 0 bridgehead atoms. The smallest absolute Gasteiger partial charge is 0.313 e. The number of carboxylic acid groups (broad SMARTS) is 1. The van der Waals surface area contributed by atoms with Crippen LogP contribution in [0.5, 0.6) is 0 Å². The van der Waals surface area contributed by atoms with Crippen molar-refractivity contribution < 1.29 is 9.90 Å². The van der Waals surface area contributed by atoms with E-state index in [1.807, 2.05) is 6.20 Å². The molecule has 1 aromatic rings. The van der Waals surface area contributed by atoms with Crippen LogP contribution in [0.4, 0.5) is 0 Å². The van der Waals surface area contributed by atoms with Gasteiger partial charge in [-0.15, -0.1) is 0 Å². The van der Waals surface area contributed by atoms with Crippen LogP contribution in [0.2, 0.25) is 0 Å². The Bertz CT molecular complexity index is 439. The van der Waals surface area contributed by atoms with Crippen LogP contribution in [0, 0.1) is 5.92 Å². The predicted octanol–water partition coefficient (Wildman–Crippen LogP) is 4.18. The fourth-order valence-electron chi connectivity index (χ4n) is 2.61. The third kappa shape index (κ3) is 4.01. The van der Waals surface area contributed by atoms with E-state index in [1.165, 1.54) is 17.5 Å². The molecule has 1 heterocycles. The molecule has 4 nitrogen and oxygen atoms in total. The van der Waals surface area contributed by atoms with E-state index in [0.717, 1.165) is 18.0 Å². The summed E-state index contributed by atoms with van der Waals surface area (Å²) in [6.07, 6.45) is 4.14. The summed E-state index contributed by atoms with van der Waals surface area (Å²) in [5.41, 5.74) is 1.19. The number of imidazole rings is 1. The molecule has 0 radical (unpaired) electrons. The van der Waals surface area contributed by atoms with E-state index in [9.17, 15) is 4.79 Å². The fraction of sp³-hybridized carbons (Fsp3) is 0.733. The van der Waals surface area contributed by atoms with Crippen LogP contribution in [0.15, 0.2) is 11.4 Å². The number of rotatable bonds is 8. The van der Waals surface area contributed by atoms with Crippen LogP contribution >= 0.6 is 11.8 Å². The predicted molar refractivity (Wildman–Crippen MR) is 83.5 cm³/mol. The third-order valence-corrected chi connectivity index (χ3v) is 4.80. The lowest BCUT2D eigenvalue weighted by Crippen LogP contribution is -2.19. The maximum absolute atomic E-state index is 10.8. The van der Waals surface area contributed by atoms with E-state index in [-0.39, 0.29) is 5.75 Å². The normalized spacial score (nSPS) is 13.2. The number of carbonyl (C=O) groups is 1. The van der Waals surface area contributed by atoms with Crippen LogP contribution in [0.1, 0.15) is 65.1 Å². The largest absolute Gasteiger partial charge is 0.481 e. The molecule has 0 spiro atoms. The molecule has 1 atom stereocenters. The zero-order valence-electron chi connectivity index (χ0n) is 13.1. The van der Waals surface area contributed by atoms with Gasteiger partial charge in [-0.1, -0.05) is 52.3 Å². The fourth-order valence-corrected chi connectivity index (χ4v) is 3.40. The average Bonchev–Trinajstić information content (AvgIpc) is 2.81. The van der Waals surface area contributed by atoms with Crippen molar-refractivity contribution in [3.05, 3.63) is 11.9 Å². The van der Waals surface area contributed by atoms with Gasteiger partial charge in [-0.25, -0.2) is 4.98 Å². The van der Waals surface area contributed by atoms with Gasteiger partial charge in [0.1, 0.15) is 0 Å². The van der Waals surface area contributed by atoms with Crippen molar-refractivity contribution in [3.8, 4) is 0 Å². The van der Waals surface area contributed by atoms with E-state index in [4.69, 9.17) is 5.11 Å². The van der Waals surface area contributed by atoms with Gasteiger partial charge in [0.25, 0.3) is 0 Å². The maximum Gasteiger partial charge on any atom is 0.313 e. The van der Waals surface area contributed by atoms with Gasteiger partial charge in [0.15, 0.2) is 5.16 Å². The number of hydrogen-bond acceptors (Lipinski definition) is 3. The molecule has 0 aliphatic carbocycles. The van der Waals surface area contributed by atoms with Gasteiger partial charge >= 0.3 is 5.97 Å². The van der Waals surface area contributed by atoms with Gasteiger partial charge in [0.2, 0.25) is 0 Å². The minimum absolute atomic E-state index is 0.0597. The Labute approximate surface area is 126 Å². The summed E-state index contributed by atoms with van der Waals surface area (Å²) < 4.78 is 2.25. The summed E-state index contributed by atoms with van der Waals surface area (Å²) in [6.45, 7) is 10.9. The topological polar surface area (TPSA) is 55.1 Å². The Morgan fingerprint density at radius 2 is 1.95 bits per heavy atom. The molecule has 1 N–H and O–H groups in total. The molecule has 0 saturated heterocycles.